The van der Waals surface area contributed by atoms with Crippen LogP contribution in [0.5, 0.6) is 5.75 Å². The topological polar surface area (TPSA) is 77.5 Å². The number of ether oxygens (including phenoxy) is 1. The molecule has 0 aliphatic carbocycles. The van der Waals surface area contributed by atoms with Crippen molar-refractivity contribution >= 4 is 21.6 Å². The van der Waals surface area contributed by atoms with E-state index in [1.165, 1.54) is 43.3 Å². The fraction of sp³-hybridized carbons (Fsp3) is 0.125. The highest BCUT2D eigenvalue weighted by Gasteiger charge is 2.12. The maximum atomic E-state index is 12.0. The molecule has 2 aromatic carbocycles. The molecule has 0 saturated heterocycles. The molecule has 6 heteroatoms. The molecule has 0 fully saturated rings. The van der Waals surface area contributed by atoms with E-state index in [0.717, 1.165) is 6.26 Å². The normalized spacial score (nSPS) is 11.0. The van der Waals surface area contributed by atoms with Crippen molar-refractivity contribution in [3.05, 3.63) is 59.7 Å². The summed E-state index contributed by atoms with van der Waals surface area (Å²) in [6, 6.07) is 11.7. The van der Waals surface area contributed by atoms with Gasteiger partial charge in [0.05, 0.1) is 10.5 Å². The van der Waals surface area contributed by atoms with E-state index in [0.29, 0.717) is 11.3 Å². The van der Waals surface area contributed by atoms with Crippen molar-refractivity contribution in [3.8, 4) is 5.75 Å². The standard InChI is InChI=1S/C16H14O5S/c1-11(17)12-3-7-14(8-4-12)21-16(18)13-5-9-15(10-6-13)22(2,19)20/h3-10H,1-2H3. The summed E-state index contributed by atoms with van der Waals surface area (Å²) in [6.45, 7) is 1.45. The molecule has 0 bridgehead atoms. The molecule has 0 aliphatic heterocycles. The second kappa shape index (κ2) is 6.11. The summed E-state index contributed by atoms with van der Waals surface area (Å²) < 4.78 is 27.9. The maximum Gasteiger partial charge on any atom is 0.343 e. The van der Waals surface area contributed by atoms with Gasteiger partial charge in [0.25, 0.3) is 0 Å². The van der Waals surface area contributed by atoms with Crippen LogP contribution in [0.25, 0.3) is 0 Å². The first-order valence-corrected chi connectivity index (χ1v) is 8.30. The lowest BCUT2D eigenvalue weighted by Gasteiger charge is -2.05. The van der Waals surface area contributed by atoms with Gasteiger partial charge in [0.1, 0.15) is 5.75 Å². The number of rotatable bonds is 4. The Morgan fingerprint density at radius 1 is 0.864 bits per heavy atom. The molecule has 0 aliphatic rings. The number of sulfone groups is 1. The Balaban J connectivity index is 2.13. The summed E-state index contributed by atoms with van der Waals surface area (Å²) in [5, 5.41) is 0. The van der Waals surface area contributed by atoms with Crippen LogP contribution < -0.4 is 4.74 Å². The molecule has 0 heterocycles. The molecule has 0 radical (unpaired) electrons. The fourth-order valence-electron chi connectivity index (χ4n) is 1.76. The summed E-state index contributed by atoms with van der Waals surface area (Å²) in [4.78, 5) is 23.2. The lowest BCUT2D eigenvalue weighted by Crippen LogP contribution is -2.09. The Kier molecular flexibility index (Phi) is 4.42. The van der Waals surface area contributed by atoms with Gasteiger partial charge in [-0.1, -0.05) is 0 Å². The third-order valence-electron chi connectivity index (χ3n) is 2.99. The van der Waals surface area contributed by atoms with Crippen LogP contribution in [-0.4, -0.2) is 26.4 Å². The van der Waals surface area contributed by atoms with Gasteiger partial charge in [-0.2, -0.15) is 0 Å². The van der Waals surface area contributed by atoms with Gasteiger partial charge in [0.2, 0.25) is 0 Å². The van der Waals surface area contributed by atoms with Gasteiger partial charge in [0, 0.05) is 11.8 Å². The summed E-state index contributed by atoms with van der Waals surface area (Å²) in [7, 11) is -3.30. The van der Waals surface area contributed by atoms with Gasteiger partial charge in [-0.15, -0.1) is 0 Å². The van der Waals surface area contributed by atoms with Crippen LogP contribution in [0.1, 0.15) is 27.6 Å². The Morgan fingerprint density at radius 2 is 1.36 bits per heavy atom. The molecule has 2 aromatic rings. The Labute approximate surface area is 128 Å². The number of esters is 1. The highest BCUT2D eigenvalue weighted by Crippen LogP contribution is 2.16. The summed E-state index contributed by atoms with van der Waals surface area (Å²) >= 11 is 0. The van der Waals surface area contributed by atoms with Gasteiger partial charge in [-0.3, -0.25) is 4.79 Å². The average Bonchev–Trinajstić information content (AvgIpc) is 2.47. The number of Topliss-reactive ketones (excluding diaryl/α,β-unsaturated/α-hetero) is 1. The summed E-state index contributed by atoms with van der Waals surface area (Å²) in [5.41, 5.74) is 0.764. The minimum Gasteiger partial charge on any atom is -0.423 e. The average molecular weight is 318 g/mol. The highest BCUT2D eigenvalue weighted by molar-refractivity contribution is 7.90. The molecular formula is C16H14O5S. The number of ketones is 1. The molecule has 0 aromatic heterocycles. The Bertz CT molecular complexity index is 803. The van der Waals surface area contributed by atoms with Crippen LogP contribution >= 0.6 is 0 Å². The summed E-state index contributed by atoms with van der Waals surface area (Å²) in [5.74, 6) is -0.368. The van der Waals surface area contributed by atoms with E-state index in [9.17, 15) is 18.0 Å². The molecule has 5 nitrogen and oxygen atoms in total. The second-order valence-corrected chi connectivity index (χ2v) is 6.78. The quantitative estimate of drug-likeness (QED) is 0.492. The van der Waals surface area contributed by atoms with Crippen molar-refractivity contribution in [1.29, 1.82) is 0 Å². The zero-order chi connectivity index (χ0) is 16.3. The van der Waals surface area contributed by atoms with Crippen molar-refractivity contribution in [2.45, 2.75) is 11.8 Å². The monoisotopic (exact) mass is 318 g/mol. The zero-order valence-corrected chi connectivity index (χ0v) is 12.9. The molecule has 0 saturated carbocycles. The van der Waals surface area contributed by atoms with Gasteiger partial charge in [-0.25, -0.2) is 13.2 Å². The van der Waals surface area contributed by atoms with Crippen molar-refractivity contribution in [1.82, 2.24) is 0 Å². The van der Waals surface area contributed by atoms with Crippen molar-refractivity contribution in [2.75, 3.05) is 6.26 Å². The maximum absolute atomic E-state index is 12.0. The van der Waals surface area contributed by atoms with E-state index in [1.54, 1.807) is 12.1 Å². The highest BCUT2D eigenvalue weighted by atomic mass is 32.2. The molecule has 0 atom stereocenters. The first-order chi connectivity index (χ1) is 10.3. The van der Waals surface area contributed by atoms with E-state index in [1.807, 2.05) is 0 Å². The van der Waals surface area contributed by atoms with Crippen LogP contribution in [0.4, 0.5) is 0 Å². The number of benzene rings is 2. The molecule has 0 N–H and O–H groups in total. The minimum absolute atomic E-state index is 0.0748. The third-order valence-corrected chi connectivity index (χ3v) is 4.12. The van der Waals surface area contributed by atoms with E-state index in [-0.39, 0.29) is 16.2 Å². The van der Waals surface area contributed by atoms with E-state index in [4.69, 9.17) is 4.74 Å². The van der Waals surface area contributed by atoms with Crippen molar-refractivity contribution < 1.29 is 22.7 Å². The molecule has 22 heavy (non-hydrogen) atoms. The SMILES string of the molecule is CC(=O)c1ccc(OC(=O)c2ccc(S(C)(=O)=O)cc2)cc1. The Hall–Kier alpha value is -2.47. The van der Waals surface area contributed by atoms with E-state index >= 15 is 0 Å². The minimum atomic E-state index is -3.30. The first kappa shape index (κ1) is 15.9. The molecule has 0 unspecified atom stereocenters. The van der Waals surface area contributed by atoms with Crippen LogP contribution in [0, 0.1) is 0 Å². The van der Waals surface area contributed by atoms with Crippen LogP contribution in [0.3, 0.4) is 0 Å². The number of hydrogen-bond donors (Lipinski definition) is 0. The van der Waals surface area contributed by atoms with Gasteiger partial charge in [0.15, 0.2) is 15.6 Å². The van der Waals surface area contributed by atoms with Gasteiger partial charge < -0.3 is 4.74 Å². The van der Waals surface area contributed by atoms with Crippen molar-refractivity contribution in [2.24, 2.45) is 0 Å². The second-order valence-electron chi connectivity index (χ2n) is 4.77. The van der Waals surface area contributed by atoms with Crippen molar-refractivity contribution in [3.63, 3.8) is 0 Å². The fourth-order valence-corrected chi connectivity index (χ4v) is 2.39. The predicted molar refractivity (Wildman–Crippen MR) is 81.0 cm³/mol. The third kappa shape index (κ3) is 3.79. The lowest BCUT2D eigenvalue weighted by atomic mass is 10.1. The molecule has 0 spiro atoms. The predicted octanol–water partition coefficient (Wildman–Crippen LogP) is 2.51. The smallest absolute Gasteiger partial charge is 0.343 e. The molecule has 114 valence electrons. The summed E-state index contributed by atoms with van der Waals surface area (Å²) in [6.07, 6.45) is 1.09. The van der Waals surface area contributed by atoms with Gasteiger partial charge in [-0.05, 0) is 55.5 Å². The van der Waals surface area contributed by atoms with Gasteiger partial charge >= 0.3 is 5.97 Å². The van der Waals surface area contributed by atoms with E-state index in [2.05, 4.69) is 0 Å². The van der Waals surface area contributed by atoms with Crippen LogP contribution in [0.15, 0.2) is 53.4 Å². The van der Waals surface area contributed by atoms with Crippen LogP contribution in [0.2, 0.25) is 0 Å². The Morgan fingerprint density at radius 3 is 1.82 bits per heavy atom. The van der Waals surface area contributed by atoms with Crippen LogP contribution in [-0.2, 0) is 9.84 Å². The van der Waals surface area contributed by atoms with E-state index < -0.39 is 15.8 Å². The first-order valence-electron chi connectivity index (χ1n) is 6.40. The molecule has 2 rings (SSSR count). The number of hydrogen-bond acceptors (Lipinski definition) is 5. The molecular weight excluding hydrogens is 304 g/mol. The number of carbonyl (C=O) groups is 2. The zero-order valence-electron chi connectivity index (χ0n) is 12.1. The molecule has 0 amide bonds. The lowest BCUT2D eigenvalue weighted by molar-refractivity contribution is 0.0734. The largest absolute Gasteiger partial charge is 0.423 e. The number of carbonyl (C=O) groups excluding carboxylic acids is 2.